The second-order valence-electron chi connectivity index (χ2n) is 3.58. The average molecular weight is 340 g/mol. The molecule has 0 bridgehead atoms. The first-order chi connectivity index (χ1) is 8.41. The molecule has 0 unspecified atom stereocenters. The number of hydrogen-bond donors (Lipinski definition) is 0. The lowest BCUT2D eigenvalue weighted by Crippen LogP contribution is -2.03. The summed E-state index contributed by atoms with van der Waals surface area (Å²) >= 11 is 9.00. The van der Waals surface area contributed by atoms with E-state index in [9.17, 15) is 13.2 Å². The Labute approximate surface area is 114 Å². The van der Waals surface area contributed by atoms with Crippen LogP contribution in [0.2, 0.25) is 0 Å². The van der Waals surface area contributed by atoms with E-state index in [0.29, 0.717) is 11.6 Å². The van der Waals surface area contributed by atoms with Gasteiger partial charge < -0.3 is 0 Å². The monoisotopic (exact) mass is 338 g/mol. The van der Waals surface area contributed by atoms with Crippen LogP contribution in [0.4, 0.5) is 13.2 Å². The highest BCUT2D eigenvalue weighted by Gasteiger charge is 2.32. The van der Waals surface area contributed by atoms with Crippen molar-refractivity contribution in [2.45, 2.75) is 12.1 Å². The molecule has 0 radical (unpaired) electrons. The van der Waals surface area contributed by atoms with Crippen LogP contribution in [-0.2, 0) is 12.1 Å². The lowest BCUT2D eigenvalue weighted by Gasteiger charge is -2.05. The van der Waals surface area contributed by atoms with Crippen molar-refractivity contribution in [1.82, 2.24) is 9.78 Å². The van der Waals surface area contributed by atoms with E-state index in [1.807, 2.05) is 0 Å². The summed E-state index contributed by atoms with van der Waals surface area (Å²) in [6.45, 7) is 0. The van der Waals surface area contributed by atoms with E-state index in [1.54, 1.807) is 18.2 Å². The molecular formula is C11H7BrClF3N2. The van der Waals surface area contributed by atoms with Crippen LogP contribution in [0.25, 0.3) is 5.69 Å². The lowest BCUT2D eigenvalue weighted by atomic mass is 10.2. The van der Waals surface area contributed by atoms with Gasteiger partial charge in [0.25, 0.3) is 0 Å². The van der Waals surface area contributed by atoms with Crippen LogP contribution in [-0.4, -0.2) is 9.78 Å². The second kappa shape index (κ2) is 4.93. The normalized spacial score (nSPS) is 11.8. The highest BCUT2D eigenvalue weighted by molar-refractivity contribution is 9.10. The molecule has 0 fully saturated rings. The quantitative estimate of drug-likeness (QED) is 0.742. The molecule has 0 aliphatic rings. The van der Waals surface area contributed by atoms with Gasteiger partial charge in [0.2, 0.25) is 0 Å². The molecule has 2 aromatic rings. The minimum atomic E-state index is -4.38. The van der Waals surface area contributed by atoms with Crippen molar-refractivity contribution in [2.24, 2.45) is 0 Å². The van der Waals surface area contributed by atoms with E-state index < -0.39 is 11.7 Å². The number of hydrogen-bond acceptors (Lipinski definition) is 1. The minimum absolute atomic E-state index is 0.327. The Morgan fingerprint density at radius 3 is 2.56 bits per heavy atom. The summed E-state index contributed by atoms with van der Waals surface area (Å²) in [6.07, 6.45) is -2.64. The zero-order valence-corrected chi connectivity index (χ0v) is 11.2. The van der Waals surface area contributed by atoms with Crippen molar-refractivity contribution in [3.05, 3.63) is 46.2 Å². The molecular weight excluding hydrogens is 332 g/mol. The number of nitrogens with zero attached hydrogens (tertiary/aromatic N) is 2. The number of benzene rings is 1. The molecule has 2 nitrogen and oxygen atoms in total. The summed E-state index contributed by atoms with van der Waals surface area (Å²) in [6, 6.07) is 5.07. The molecule has 0 spiro atoms. The van der Waals surface area contributed by atoms with Gasteiger partial charge in [-0.1, -0.05) is 22.0 Å². The van der Waals surface area contributed by atoms with Gasteiger partial charge in [0.1, 0.15) is 0 Å². The molecule has 0 saturated heterocycles. The van der Waals surface area contributed by atoms with Gasteiger partial charge in [-0.05, 0) is 17.7 Å². The third-order valence-corrected chi connectivity index (χ3v) is 3.38. The molecule has 18 heavy (non-hydrogen) atoms. The first kappa shape index (κ1) is 13.4. The van der Waals surface area contributed by atoms with Gasteiger partial charge in [-0.15, -0.1) is 11.6 Å². The summed E-state index contributed by atoms with van der Waals surface area (Å²) < 4.78 is 39.2. The number of aromatic nitrogens is 2. The fourth-order valence-electron chi connectivity index (χ4n) is 1.40. The minimum Gasteiger partial charge on any atom is -0.240 e. The van der Waals surface area contributed by atoms with E-state index >= 15 is 0 Å². The zero-order valence-electron chi connectivity index (χ0n) is 8.88. The van der Waals surface area contributed by atoms with Crippen LogP contribution in [0.15, 0.2) is 35.1 Å². The highest BCUT2D eigenvalue weighted by atomic mass is 79.9. The zero-order chi connectivity index (χ0) is 13.3. The van der Waals surface area contributed by atoms with E-state index in [2.05, 4.69) is 21.0 Å². The van der Waals surface area contributed by atoms with Gasteiger partial charge in [-0.2, -0.15) is 18.3 Å². The Bertz CT molecular complexity index is 566. The molecule has 1 heterocycles. The maximum Gasteiger partial charge on any atom is 0.419 e. The Kier molecular flexibility index (Phi) is 3.68. The van der Waals surface area contributed by atoms with Crippen LogP contribution in [0.5, 0.6) is 0 Å². The SMILES string of the molecule is FC(F)(F)c1cnn(-c2ccc(CCl)c(Br)c2)c1. The molecule has 0 aliphatic carbocycles. The molecule has 2 rings (SSSR count). The first-order valence-corrected chi connectivity index (χ1v) is 6.21. The molecule has 0 amide bonds. The molecule has 0 N–H and O–H groups in total. The predicted molar refractivity (Wildman–Crippen MR) is 65.8 cm³/mol. The van der Waals surface area contributed by atoms with E-state index in [4.69, 9.17) is 11.6 Å². The number of rotatable bonds is 2. The van der Waals surface area contributed by atoms with Gasteiger partial charge in [0.15, 0.2) is 0 Å². The summed E-state index contributed by atoms with van der Waals surface area (Å²) in [7, 11) is 0. The summed E-state index contributed by atoms with van der Waals surface area (Å²) in [4.78, 5) is 0. The standard InChI is InChI=1S/C11H7BrClF3N2/c12-10-3-9(2-1-7(10)4-13)18-6-8(5-17-18)11(14,15)16/h1-3,5-6H,4H2. The highest BCUT2D eigenvalue weighted by Crippen LogP contribution is 2.29. The van der Waals surface area contributed by atoms with Crippen LogP contribution < -0.4 is 0 Å². The Morgan fingerprint density at radius 2 is 2.06 bits per heavy atom. The Hall–Kier alpha value is -1.01. The van der Waals surface area contributed by atoms with Crippen molar-refractivity contribution in [2.75, 3.05) is 0 Å². The van der Waals surface area contributed by atoms with E-state index in [0.717, 1.165) is 22.4 Å². The van der Waals surface area contributed by atoms with Crippen LogP contribution >= 0.6 is 27.5 Å². The van der Waals surface area contributed by atoms with Gasteiger partial charge in [0, 0.05) is 16.5 Å². The van der Waals surface area contributed by atoms with Crippen molar-refractivity contribution in [1.29, 1.82) is 0 Å². The van der Waals surface area contributed by atoms with Gasteiger partial charge in [-0.3, -0.25) is 0 Å². The summed E-state index contributed by atoms with van der Waals surface area (Å²) in [5.74, 6) is 0.327. The van der Waals surface area contributed by atoms with Crippen LogP contribution in [0.1, 0.15) is 11.1 Å². The third-order valence-electron chi connectivity index (χ3n) is 2.36. The Morgan fingerprint density at radius 1 is 1.33 bits per heavy atom. The topological polar surface area (TPSA) is 17.8 Å². The van der Waals surface area contributed by atoms with Crippen molar-refractivity contribution in [3.8, 4) is 5.69 Å². The molecule has 0 saturated carbocycles. The largest absolute Gasteiger partial charge is 0.419 e. The summed E-state index contributed by atoms with van der Waals surface area (Å²) in [5.41, 5.74) is 0.620. The first-order valence-electron chi connectivity index (χ1n) is 4.88. The maximum absolute atomic E-state index is 12.4. The van der Waals surface area contributed by atoms with Crippen LogP contribution in [0, 0.1) is 0 Å². The maximum atomic E-state index is 12.4. The number of halogens is 5. The van der Waals surface area contributed by atoms with Crippen molar-refractivity contribution < 1.29 is 13.2 Å². The molecule has 0 aliphatic heterocycles. The van der Waals surface area contributed by atoms with Gasteiger partial charge in [0.05, 0.1) is 17.4 Å². The third kappa shape index (κ3) is 2.70. The van der Waals surface area contributed by atoms with E-state index in [-0.39, 0.29) is 0 Å². The fraction of sp³-hybridized carbons (Fsp3) is 0.182. The van der Waals surface area contributed by atoms with Crippen molar-refractivity contribution >= 4 is 27.5 Å². The molecule has 0 atom stereocenters. The fourth-order valence-corrected chi connectivity index (χ4v) is 2.30. The Balaban J connectivity index is 2.38. The molecule has 7 heteroatoms. The molecule has 1 aromatic carbocycles. The van der Waals surface area contributed by atoms with Gasteiger partial charge in [-0.25, -0.2) is 4.68 Å². The summed E-state index contributed by atoms with van der Waals surface area (Å²) in [5, 5.41) is 3.69. The smallest absolute Gasteiger partial charge is 0.240 e. The average Bonchev–Trinajstić information content (AvgIpc) is 2.77. The number of alkyl halides is 4. The van der Waals surface area contributed by atoms with Crippen LogP contribution in [0.3, 0.4) is 0 Å². The molecule has 1 aromatic heterocycles. The predicted octanol–water partition coefficient (Wildman–Crippen LogP) is 4.39. The lowest BCUT2D eigenvalue weighted by molar-refractivity contribution is -0.137. The van der Waals surface area contributed by atoms with Crippen molar-refractivity contribution in [3.63, 3.8) is 0 Å². The second-order valence-corrected chi connectivity index (χ2v) is 4.70. The van der Waals surface area contributed by atoms with Gasteiger partial charge >= 0.3 is 6.18 Å². The van der Waals surface area contributed by atoms with E-state index in [1.165, 1.54) is 4.68 Å². The molecule has 96 valence electrons.